The summed E-state index contributed by atoms with van der Waals surface area (Å²) in [5.41, 5.74) is 1.07. The molecule has 3 amide bonds. The average molecular weight is 328 g/mol. The number of benzene rings is 1. The molecule has 21 heavy (non-hydrogen) atoms. The molecular formula is C14H18ClN3O2S. The van der Waals surface area contributed by atoms with Gasteiger partial charge in [-0.25, -0.2) is 4.79 Å². The van der Waals surface area contributed by atoms with Gasteiger partial charge < -0.3 is 16.0 Å². The van der Waals surface area contributed by atoms with Gasteiger partial charge in [-0.3, -0.25) is 4.79 Å². The van der Waals surface area contributed by atoms with Crippen LogP contribution in [0.2, 0.25) is 5.02 Å². The van der Waals surface area contributed by atoms with E-state index in [0.29, 0.717) is 18.1 Å². The summed E-state index contributed by atoms with van der Waals surface area (Å²) < 4.78 is 0. The monoisotopic (exact) mass is 327 g/mol. The smallest absolute Gasteiger partial charge is 0.315 e. The van der Waals surface area contributed by atoms with E-state index in [9.17, 15) is 9.59 Å². The Morgan fingerprint density at radius 3 is 2.86 bits per heavy atom. The first-order chi connectivity index (χ1) is 10.1. The second kappa shape index (κ2) is 7.56. The number of amides is 3. The summed E-state index contributed by atoms with van der Waals surface area (Å²) in [4.78, 5) is 23.8. The van der Waals surface area contributed by atoms with Crippen molar-refractivity contribution >= 4 is 35.3 Å². The van der Waals surface area contributed by atoms with Crippen LogP contribution in [0.3, 0.4) is 0 Å². The van der Waals surface area contributed by atoms with Crippen molar-refractivity contribution < 1.29 is 9.59 Å². The highest BCUT2D eigenvalue weighted by molar-refractivity contribution is 7.99. The number of fused-ring (bicyclic) bond motifs is 1. The van der Waals surface area contributed by atoms with Crippen molar-refractivity contribution in [1.82, 2.24) is 16.0 Å². The van der Waals surface area contributed by atoms with Gasteiger partial charge in [0.05, 0.1) is 6.04 Å². The van der Waals surface area contributed by atoms with Gasteiger partial charge >= 0.3 is 6.03 Å². The summed E-state index contributed by atoms with van der Waals surface area (Å²) in [6, 6.07) is 5.50. The predicted octanol–water partition coefficient (Wildman–Crippen LogP) is 2.31. The molecule has 0 fully saturated rings. The van der Waals surface area contributed by atoms with Crippen LogP contribution in [0.15, 0.2) is 23.1 Å². The zero-order valence-corrected chi connectivity index (χ0v) is 13.3. The molecule has 0 spiro atoms. The number of hydrogen-bond acceptors (Lipinski definition) is 3. The van der Waals surface area contributed by atoms with E-state index < -0.39 is 0 Å². The molecule has 2 rings (SSSR count). The Morgan fingerprint density at radius 1 is 1.33 bits per heavy atom. The molecule has 0 saturated carbocycles. The maximum atomic E-state index is 11.9. The van der Waals surface area contributed by atoms with Crippen molar-refractivity contribution in [3.05, 3.63) is 28.8 Å². The highest BCUT2D eigenvalue weighted by Crippen LogP contribution is 2.37. The van der Waals surface area contributed by atoms with Gasteiger partial charge in [-0.1, -0.05) is 11.6 Å². The van der Waals surface area contributed by atoms with Crippen LogP contribution in [0.4, 0.5) is 4.79 Å². The Hall–Kier alpha value is -1.40. The van der Waals surface area contributed by atoms with Crippen molar-refractivity contribution in [2.24, 2.45) is 0 Å². The molecule has 1 aliphatic rings. The van der Waals surface area contributed by atoms with E-state index in [2.05, 4.69) is 16.0 Å². The number of carbonyl (C=O) groups is 2. The second-order valence-electron chi connectivity index (χ2n) is 4.76. The Bertz CT molecular complexity index is 539. The first-order valence-corrected chi connectivity index (χ1v) is 8.13. The van der Waals surface area contributed by atoms with Crippen molar-refractivity contribution in [3.8, 4) is 0 Å². The maximum absolute atomic E-state index is 11.9. The minimum atomic E-state index is -0.233. The number of thioether (sulfide) groups is 1. The highest BCUT2D eigenvalue weighted by atomic mass is 35.5. The Morgan fingerprint density at radius 2 is 2.10 bits per heavy atom. The zero-order valence-electron chi connectivity index (χ0n) is 11.7. The third-order valence-electron chi connectivity index (χ3n) is 3.10. The van der Waals surface area contributed by atoms with Crippen LogP contribution >= 0.6 is 23.4 Å². The molecule has 1 heterocycles. The average Bonchev–Trinajstić information content (AvgIpc) is 2.44. The molecule has 0 unspecified atom stereocenters. The molecule has 3 N–H and O–H groups in total. The fourth-order valence-electron chi connectivity index (χ4n) is 2.14. The van der Waals surface area contributed by atoms with Crippen molar-refractivity contribution in [2.45, 2.75) is 24.3 Å². The van der Waals surface area contributed by atoms with Gasteiger partial charge in [0, 0.05) is 35.7 Å². The Kier molecular flexibility index (Phi) is 5.76. The molecule has 5 nitrogen and oxygen atoms in total. The van der Waals surface area contributed by atoms with Gasteiger partial charge in [0.1, 0.15) is 0 Å². The van der Waals surface area contributed by atoms with Gasteiger partial charge in [-0.15, -0.1) is 11.8 Å². The molecule has 1 aliphatic heterocycles. The predicted molar refractivity (Wildman–Crippen MR) is 84.8 cm³/mol. The van der Waals surface area contributed by atoms with E-state index >= 15 is 0 Å². The molecule has 114 valence electrons. The topological polar surface area (TPSA) is 70.2 Å². The molecule has 7 heteroatoms. The standard InChI is InChI=1S/C14H18ClN3O2S/c1-9(19)16-5-6-17-14(20)18-12-4-7-21-13-3-2-10(15)8-11(12)13/h2-3,8,12H,4-7H2,1H3,(H,16,19)(H2,17,18,20)/t12-/m0/s1. The molecule has 0 aliphatic carbocycles. The Balaban J connectivity index is 1.88. The number of carbonyl (C=O) groups excluding carboxylic acids is 2. The van der Waals surface area contributed by atoms with Crippen molar-refractivity contribution in [2.75, 3.05) is 18.8 Å². The summed E-state index contributed by atoms with van der Waals surface area (Å²) in [5, 5.41) is 8.98. The molecular weight excluding hydrogens is 310 g/mol. The van der Waals surface area contributed by atoms with Crippen LogP contribution in [0.1, 0.15) is 24.9 Å². The number of nitrogens with one attached hydrogen (secondary N) is 3. The van der Waals surface area contributed by atoms with Crippen LogP contribution < -0.4 is 16.0 Å². The van der Waals surface area contributed by atoms with Crippen molar-refractivity contribution in [3.63, 3.8) is 0 Å². The third kappa shape index (κ3) is 4.82. The van der Waals surface area contributed by atoms with Crippen LogP contribution in [-0.2, 0) is 4.79 Å². The molecule has 1 atom stereocenters. The fraction of sp³-hybridized carbons (Fsp3) is 0.429. The SMILES string of the molecule is CC(=O)NCCNC(=O)N[C@H]1CCSc2ccc(Cl)cc21. The summed E-state index contributed by atoms with van der Waals surface area (Å²) in [7, 11) is 0. The normalized spacial score (nSPS) is 16.8. The summed E-state index contributed by atoms with van der Waals surface area (Å²) in [5.74, 6) is 0.857. The number of hydrogen-bond donors (Lipinski definition) is 3. The number of halogens is 1. The fourth-order valence-corrected chi connectivity index (χ4v) is 3.43. The zero-order chi connectivity index (χ0) is 15.2. The number of urea groups is 1. The van der Waals surface area contributed by atoms with Crippen LogP contribution in [0.5, 0.6) is 0 Å². The minimum absolute atomic E-state index is 0.0271. The van der Waals surface area contributed by atoms with Crippen LogP contribution in [0.25, 0.3) is 0 Å². The van der Waals surface area contributed by atoms with Crippen LogP contribution in [0, 0.1) is 0 Å². The summed E-state index contributed by atoms with van der Waals surface area (Å²) in [6.45, 7) is 2.27. The lowest BCUT2D eigenvalue weighted by Crippen LogP contribution is -2.42. The van der Waals surface area contributed by atoms with Gasteiger partial charge in [-0.05, 0) is 30.2 Å². The van der Waals surface area contributed by atoms with Gasteiger partial charge in [0.15, 0.2) is 0 Å². The molecule has 0 aromatic heterocycles. The van der Waals surface area contributed by atoms with Crippen molar-refractivity contribution in [1.29, 1.82) is 0 Å². The third-order valence-corrected chi connectivity index (χ3v) is 4.46. The largest absolute Gasteiger partial charge is 0.355 e. The summed E-state index contributed by atoms with van der Waals surface area (Å²) in [6.07, 6.45) is 0.872. The molecule has 1 aromatic rings. The molecule has 0 radical (unpaired) electrons. The quantitative estimate of drug-likeness (QED) is 0.743. The maximum Gasteiger partial charge on any atom is 0.315 e. The van der Waals surface area contributed by atoms with E-state index in [4.69, 9.17) is 11.6 Å². The highest BCUT2D eigenvalue weighted by Gasteiger charge is 2.22. The minimum Gasteiger partial charge on any atom is -0.355 e. The first kappa shape index (κ1) is 16.0. The lowest BCUT2D eigenvalue weighted by atomic mass is 10.0. The second-order valence-corrected chi connectivity index (χ2v) is 6.33. The number of rotatable bonds is 4. The molecule has 1 aromatic carbocycles. The summed E-state index contributed by atoms with van der Waals surface area (Å²) >= 11 is 7.81. The van der Waals surface area contributed by atoms with Crippen LogP contribution in [-0.4, -0.2) is 30.8 Å². The lowest BCUT2D eigenvalue weighted by Gasteiger charge is -2.26. The van der Waals surface area contributed by atoms with Gasteiger partial charge in [0.25, 0.3) is 0 Å². The Labute approximate surface area is 133 Å². The lowest BCUT2D eigenvalue weighted by molar-refractivity contribution is -0.118. The van der Waals surface area contributed by atoms with Gasteiger partial charge in [-0.2, -0.15) is 0 Å². The van der Waals surface area contributed by atoms with E-state index in [0.717, 1.165) is 22.6 Å². The van der Waals surface area contributed by atoms with E-state index in [1.807, 2.05) is 18.2 Å². The van der Waals surface area contributed by atoms with E-state index in [1.54, 1.807) is 11.8 Å². The molecule has 0 bridgehead atoms. The molecule has 0 saturated heterocycles. The first-order valence-electron chi connectivity index (χ1n) is 6.77. The van der Waals surface area contributed by atoms with Gasteiger partial charge in [0.2, 0.25) is 5.91 Å². The van der Waals surface area contributed by atoms with E-state index in [1.165, 1.54) is 6.92 Å². The van der Waals surface area contributed by atoms with E-state index in [-0.39, 0.29) is 18.0 Å².